The van der Waals surface area contributed by atoms with Gasteiger partial charge in [-0.2, -0.15) is 0 Å². The highest BCUT2D eigenvalue weighted by molar-refractivity contribution is 5.26. The van der Waals surface area contributed by atoms with Crippen LogP contribution in [0.15, 0.2) is 23.4 Å². The summed E-state index contributed by atoms with van der Waals surface area (Å²) in [6.45, 7) is 1.25. The summed E-state index contributed by atoms with van der Waals surface area (Å²) in [5.74, 6) is 0. The molecule has 0 aromatic carbocycles. The summed E-state index contributed by atoms with van der Waals surface area (Å²) in [5.41, 5.74) is 8.38. The standard InChI is InChI=1S/C12H20N2/c1-14-9-3-2-4-12(14)10-5-7-11(13)8-6-10/h5,7,12H,2-4,6,8-9,13H2,1H3. The molecule has 0 radical (unpaired) electrons. The van der Waals surface area contributed by atoms with Gasteiger partial charge in [0, 0.05) is 11.7 Å². The molecule has 0 aromatic heterocycles. The molecule has 0 spiro atoms. The molecule has 0 bridgehead atoms. The molecule has 1 heterocycles. The molecule has 1 fully saturated rings. The highest BCUT2D eigenvalue weighted by Crippen LogP contribution is 2.27. The molecule has 1 saturated heterocycles. The van der Waals surface area contributed by atoms with E-state index in [4.69, 9.17) is 5.73 Å². The first-order valence-electron chi connectivity index (χ1n) is 5.63. The molecule has 1 atom stereocenters. The van der Waals surface area contributed by atoms with Crippen molar-refractivity contribution in [1.29, 1.82) is 0 Å². The van der Waals surface area contributed by atoms with E-state index < -0.39 is 0 Å². The third-order valence-electron chi connectivity index (χ3n) is 3.41. The Kier molecular flexibility index (Phi) is 2.92. The van der Waals surface area contributed by atoms with Gasteiger partial charge in [0.05, 0.1) is 0 Å². The molecule has 1 aliphatic carbocycles. The maximum atomic E-state index is 5.76. The summed E-state index contributed by atoms with van der Waals surface area (Å²) in [4.78, 5) is 2.49. The average molecular weight is 192 g/mol. The summed E-state index contributed by atoms with van der Waals surface area (Å²) < 4.78 is 0. The van der Waals surface area contributed by atoms with Gasteiger partial charge in [-0.25, -0.2) is 0 Å². The minimum absolute atomic E-state index is 0.688. The molecule has 2 heteroatoms. The van der Waals surface area contributed by atoms with Gasteiger partial charge in [-0.05, 0) is 45.4 Å². The van der Waals surface area contributed by atoms with Crippen molar-refractivity contribution in [1.82, 2.24) is 4.90 Å². The average Bonchev–Trinajstić information content (AvgIpc) is 2.20. The van der Waals surface area contributed by atoms with Crippen molar-refractivity contribution in [2.75, 3.05) is 13.6 Å². The first-order chi connectivity index (χ1) is 6.77. The molecule has 0 aromatic rings. The van der Waals surface area contributed by atoms with Crippen molar-refractivity contribution in [3.8, 4) is 0 Å². The third kappa shape index (κ3) is 2.01. The predicted molar refractivity (Wildman–Crippen MR) is 59.9 cm³/mol. The molecule has 2 aliphatic rings. The van der Waals surface area contributed by atoms with Gasteiger partial charge in [-0.1, -0.05) is 18.1 Å². The van der Waals surface area contributed by atoms with E-state index in [0.29, 0.717) is 6.04 Å². The number of nitrogens with two attached hydrogens (primary N) is 1. The highest BCUT2D eigenvalue weighted by atomic mass is 15.1. The molecule has 0 saturated carbocycles. The van der Waals surface area contributed by atoms with E-state index >= 15 is 0 Å². The Morgan fingerprint density at radius 1 is 1.29 bits per heavy atom. The van der Waals surface area contributed by atoms with Crippen LogP contribution in [0.2, 0.25) is 0 Å². The number of piperidine rings is 1. The van der Waals surface area contributed by atoms with Crippen LogP contribution in [0, 0.1) is 0 Å². The molecule has 2 nitrogen and oxygen atoms in total. The molecule has 1 unspecified atom stereocenters. The Labute approximate surface area is 86.5 Å². The first-order valence-corrected chi connectivity index (χ1v) is 5.63. The van der Waals surface area contributed by atoms with E-state index in [-0.39, 0.29) is 0 Å². The fourth-order valence-corrected chi connectivity index (χ4v) is 2.49. The van der Waals surface area contributed by atoms with Crippen molar-refractivity contribution in [3.05, 3.63) is 23.4 Å². The molecule has 2 N–H and O–H groups in total. The second-order valence-corrected chi connectivity index (χ2v) is 4.48. The van der Waals surface area contributed by atoms with Crippen LogP contribution in [0.5, 0.6) is 0 Å². The third-order valence-corrected chi connectivity index (χ3v) is 3.41. The van der Waals surface area contributed by atoms with Crippen LogP contribution in [-0.4, -0.2) is 24.5 Å². The van der Waals surface area contributed by atoms with E-state index in [0.717, 1.165) is 18.5 Å². The Hall–Kier alpha value is -0.760. The fraction of sp³-hybridized carbons (Fsp3) is 0.667. The van der Waals surface area contributed by atoms with Gasteiger partial charge in [-0.3, -0.25) is 4.90 Å². The topological polar surface area (TPSA) is 29.3 Å². The Morgan fingerprint density at radius 3 is 2.79 bits per heavy atom. The molecule has 78 valence electrons. The Bertz CT molecular complexity index is 265. The second-order valence-electron chi connectivity index (χ2n) is 4.48. The summed E-state index contributed by atoms with van der Waals surface area (Å²) in [6, 6.07) is 0.688. The van der Waals surface area contributed by atoms with Crippen molar-refractivity contribution < 1.29 is 0 Å². The fourth-order valence-electron chi connectivity index (χ4n) is 2.49. The Balaban J connectivity index is 2.06. The number of rotatable bonds is 1. The van der Waals surface area contributed by atoms with E-state index in [1.54, 1.807) is 5.57 Å². The zero-order valence-corrected chi connectivity index (χ0v) is 9.00. The molecular formula is C12H20N2. The quantitative estimate of drug-likeness (QED) is 0.689. The summed E-state index contributed by atoms with van der Waals surface area (Å²) >= 11 is 0. The van der Waals surface area contributed by atoms with Gasteiger partial charge in [0.1, 0.15) is 0 Å². The van der Waals surface area contributed by atoms with Gasteiger partial charge in [0.15, 0.2) is 0 Å². The zero-order valence-electron chi connectivity index (χ0n) is 9.00. The minimum atomic E-state index is 0.688. The molecular weight excluding hydrogens is 172 g/mol. The van der Waals surface area contributed by atoms with Gasteiger partial charge in [0.2, 0.25) is 0 Å². The Morgan fingerprint density at radius 2 is 2.14 bits per heavy atom. The lowest BCUT2D eigenvalue weighted by atomic mass is 9.90. The lowest BCUT2D eigenvalue weighted by Crippen LogP contribution is -2.37. The van der Waals surface area contributed by atoms with Crippen LogP contribution in [-0.2, 0) is 0 Å². The van der Waals surface area contributed by atoms with Gasteiger partial charge >= 0.3 is 0 Å². The number of likely N-dealkylation sites (tertiary alicyclic amines) is 1. The molecule has 1 aliphatic heterocycles. The van der Waals surface area contributed by atoms with Gasteiger partial charge in [0.25, 0.3) is 0 Å². The molecule has 14 heavy (non-hydrogen) atoms. The predicted octanol–water partition coefficient (Wildman–Crippen LogP) is 2.03. The van der Waals surface area contributed by atoms with Gasteiger partial charge < -0.3 is 5.73 Å². The number of likely N-dealkylation sites (N-methyl/N-ethyl adjacent to an activating group) is 1. The maximum Gasteiger partial charge on any atom is 0.0307 e. The van der Waals surface area contributed by atoms with E-state index in [2.05, 4.69) is 24.1 Å². The molecule has 2 rings (SSSR count). The van der Waals surface area contributed by atoms with Gasteiger partial charge in [-0.15, -0.1) is 0 Å². The zero-order chi connectivity index (χ0) is 9.97. The number of hydrogen-bond acceptors (Lipinski definition) is 2. The number of allylic oxidation sites excluding steroid dienone is 3. The number of hydrogen-bond donors (Lipinski definition) is 1. The van der Waals surface area contributed by atoms with Crippen LogP contribution < -0.4 is 5.73 Å². The maximum absolute atomic E-state index is 5.76. The monoisotopic (exact) mass is 192 g/mol. The highest BCUT2D eigenvalue weighted by Gasteiger charge is 2.22. The van der Waals surface area contributed by atoms with E-state index in [9.17, 15) is 0 Å². The first kappa shape index (κ1) is 9.78. The normalized spacial score (nSPS) is 29.6. The van der Waals surface area contributed by atoms with Crippen LogP contribution in [0.4, 0.5) is 0 Å². The van der Waals surface area contributed by atoms with Crippen LogP contribution in [0.3, 0.4) is 0 Å². The second kappa shape index (κ2) is 4.18. The largest absolute Gasteiger partial charge is 0.402 e. The molecule has 0 amide bonds. The van der Waals surface area contributed by atoms with Crippen LogP contribution in [0.1, 0.15) is 32.1 Å². The SMILES string of the molecule is CN1CCCCC1C1=CC=C(N)CC1. The van der Waals surface area contributed by atoms with Crippen molar-refractivity contribution in [2.24, 2.45) is 5.73 Å². The van der Waals surface area contributed by atoms with E-state index in [1.807, 2.05) is 0 Å². The van der Waals surface area contributed by atoms with Crippen molar-refractivity contribution >= 4 is 0 Å². The smallest absolute Gasteiger partial charge is 0.0307 e. The summed E-state index contributed by atoms with van der Waals surface area (Å²) in [6.07, 6.45) is 10.6. The number of nitrogens with zero attached hydrogens (tertiary/aromatic N) is 1. The van der Waals surface area contributed by atoms with Crippen LogP contribution >= 0.6 is 0 Å². The minimum Gasteiger partial charge on any atom is -0.402 e. The van der Waals surface area contributed by atoms with Crippen molar-refractivity contribution in [2.45, 2.75) is 38.1 Å². The summed E-state index contributed by atoms with van der Waals surface area (Å²) in [7, 11) is 2.24. The lowest BCUT2D eigenvalue weighted by molar-refractivity contribution is 0.209. The van der Waals surface area contributed by atoms with Crippen molar-refractivity contribution in [3.63, 3.8) is 0 Å². The lowest BCUT2D eigenvalue weighted by Gasteiger charge is -2.35. The summed E-state index contributed by atoms with van der Waals surface area (Å²) in [5, 5.41) is 0. The van der Waals surface area contributed by atoms with E-state index in [1.165, 1.54) is 25.8 Å². The van der Waals surface area contributed by atoms with Crippen LogP contribution in [0.25, 0.3) is 0 Å².